The molecular weight excluding hydrogens is 200 g/mol. The molecular formula is C5H20Si5. The summed E-state index contributed by atoms with van der Waals surface area (Å²) in [4.78, 5) is 0. The molecule has 0 aliphatic carbocycles. The standard InChI is InChI=1S/C5H20Si5/c1-9-3-5(6)7-4-8-10(9)2/h5,9-10H,3-4,7-8H2,1-2,6H3. The fraction of sp³-hybridized carbons (Fsp3) is 1.00. The van der Waals surface area contributed by atoms with Gasteiger partial charge in [0.2, 0.25) is 0 Å². The van der Waals surface area contributed by atoms with E-state index in [0.717, 1.165) is 0 Å². The van der Waals surface area contributed by atoms with E-state index in [0.29, 0.717) is 18.6 Å². The molecule has 0 aromatic carbocycles. The predicted octanol–water partition coefficient (Wildman–Crippen LogP) is -1.89. The lowest BCUT2D eigenvalue weighted by atomic mass is 10.9. The van der Waals surface area contributed by atoms with Gasteiger partial charge in [0.05, 0.1) is 0 Å². The van der Waals surface area contributed by atoms with Crippen molar-refractivity contribution in [3.8, 4) is 0 Å². The third kappa shape index (κ3) is 2.61. The monoisotopic (exact) mass is 220 g/mol. The molecule has 0 radical (unpaired) electrons. The van der Waals surface area contributed by atoms with Crippen molar-refractivity contribution < 1.29 is 0 Å². The van der Waals surface area contributed by atoms with Crippen molar-refractivity contribution in [3.05, 3.63) is 0 Å². The van der Waals surface area contributed by atoms with Crippen LogP contribution in [-0.2, 0) is 0 Å². The van der Waals surface area contributed by atoms with Gasteiger partial charge < -0.3 is 0 Å². The highest BCUT2D eigenvalue weighted by atomic mass is 29.6. The summed E-state index contributed by atoms with van der Waals surface area (Å²) in [7, 11) is 2.74. The quantitative estimate of drug-likeness (QED) is 0.419. The van der Waals surface area contributed by atoms with Crippen LogP contribution >= 0.6 is 0 Å². The van der Waals surface area contributed by atoms with Gasteiger partial charge in [-0.15, -0.1) is 0 Å². The van der Waals surface area contributed by atoms with Crippen LogP contribution in [-0.4, -0.2) is 44.9 Å². The number of hydrogen-bond acceptors (Lipinski definition) is 0. The minimum atomic E-state index is -0.0216. The second-order valence-corrected chi connectivity index (χ2v) is 32.5. The summed E-state index contributed by atoms with van der Waals surface area (Å²) in [5.74, 6) is 0. The van der Waals surface area contributed by atoms with Crippen LogP contribution in [0, 0.1) is 0 Å². The summed E-state index contributed by atoms with van der Waals surface area (Å²) >= 11 is 0. The molecule has 0 amide bonds. The van der Waals surface area contributed by atoms with Crippen LogP contribution in [0.1, 0.15) is 0 Å². The van der Waals surface area contributed by atoms with Crippen LogP contribution in [0.15, 0.2) is 0 Å². The Labute approximate surface area is 75.0 Å². The zero-order valence-electron chi connectivity index (χ0n) is 7.56. The average molecular weight is 221 g/mol. The molecule has 1 heterocycles. The largest absolute Gasteiger partial charge is 0.0764 e. The van der Waals surface area contributed by atoms with Gasteiger partial charge in [-0.05, 0) is 0 Å². The van der Waals surface area contributed by atoms with Gasteiger partial charge in [0.15, 0.2) is 0 Å². The van der Waals surface area contributed by atoms with Gasteiger partial charge >= 0.3 is 0 Å². The first-order valence-corrected chi connectivity index (χ1v) is 17.7. The molecule has 10 heavy (non-hydrogen) atoms. The van der Waals surface area contributed by atoms with E-state index in [1.54, 1.807) is 10.2 Å². The summed E-state index contributed by atoms with van der Waals surface area (Å²) in [6.45, 7) is 5.39. The van der Waals surface area contributed by atoms with Crippen LogP contribution in [0.3, 0.4) is 0 Å². The smallest absolute Gasteiger partial charge is 0.0212 e. The Hall–Kier alpha value is 1.08. The van der Waals surface area contributed by atoms with Crippen molar-refractivity contribution in [2.45, 2.75) is 30.0 Å². The van der Waals surface area contributed by atoms with E-state index < -0.39 is 0 Å². The van der Waals surface area contributed by atoms with E-state index in [2.05, 4.69) is 13.1 Å². The minimum absolute atomic E-state index is 0.0216. The SMILES string of the molecule is C[SiH]1CC([SiH3])[SiH2]C[SiH2][SiH]1C. The summed E-state index contributed by atoms with van der Waals surface area (Å²) in [6, 6.07) is 1.82. The van der Waals surface area contributed by atoms with Crippen LogP contribution in [0.5, 0.6) is 0 Å². The van der Waals surface area contributed by atoms with E-state index >= 15 is 0 Å². The van der Waals surface area contributed by atoms with Crippen LogP contribution < -0.4 is 0 Å². The number of rotatable bonds is 0. The van der Waals surface area contributed by atoms with E-state index in [-0.39, 0.29) is 16.1 Å². The Morgan fingerprint density at radius 2 is 2.20 bits per heavy atom. The van der Waals surface area contributed by atoms with Crippen molar-refractivity contribution >= 4 is 44.9 Å². The van der Waals surface area contributed by atoms with Crippen molar-refractivity contribution in [1.82, 2.24) is 0 Å². The van der Waals surface area contributed by atoms with Gasteiger partial charge in [-0.3, -0.25) is 0 Å². The van der Waals surface area contributed by atoms with E-state index in [4.69, 9.17) is 0 Å². The van der Waals surface area contributed by atoms with Crippen molar-refractivity contribution in [2.75, 3.05) is 0 Å². The second-order valence-electron chi connectivity index (χ2n) is 4.23. The Balaban J connectivity index is 2.41. The summed E-state index contributed by atoms with van der Waals surface area (Å²) in [5.41, 5.74) is 1.87. The Morgan fingerprint density at radius 3 is 2.90 bits per heavy atom. The minimum Gasteiger partial charge on any atom is -0.0764 e. The molecule has 0 nitrogen and oxygen atoms in total. The first kappa shape index (κ1) is 9.17. The third-order valence-electron chi connectivity index (χ3n) is 3.10. The third-order valence-corrected chi connectivity index (χ3v) is 39.2. The van der Waals surface area contributed by atoms with Crippen LogP contribution in [0.4, 0.5) is 0 Å². The molecule has 1 rings (SSSR count). The zero-order chi connectivity index (χ0) is 7.56. The first-order chi connectivity index (χ1) is 4.70. The van der Waals surface area contributed by atoms with E-state index in [9.17, 15) is 0 Å². The van der Waals surface area contributed by atoms with Gasteiger partial charge in [0.25, 0.3) is 0 Å². The molecule has 0 aromatic rings. The topological polar surface area (TPSA) is 0 Å². The van der Waals surface area contributed by atoms with Crippen molar-refractivity contribution in [2.24, 2.45) is 0 Å². The molecule has 0 aromatic heterocycles. The molecule has 3 unspecified atom stereocenters. The van der Waals surface area contributed by atoms with Gasteiger partial charge in [0.1, 0.15) is 0 Å². The normalized spacial score (nSPS) is 48.0. The molecule has 0 saturated carbocycles. The lowest BCUT2D eigenvalue weighted by Gasteiger charge is -2.14. The summed E-state index contributed by atoms with van der Waals surface area (Å²) in [5, 5.41) is 1.40. The molecule has 1 aliphatic heterocycles. The highest BCUT2D eigenvalue weighted by Crippen LogP contribution is 2.15. The maximum Gasteiger partial charge on any atom is 0.0212 e. The van der Waals surface area contributed by atoms with Gasteiger partial charge in [-0.25, -0.2) is 0 Å². The summed E-state index contributed by atoms with van der Waals surface area (Å²) in [6.07, 6.45) is 0. The van der Waals surface area contributed by atoms with E-state index in [1.165, 1.54) is 5.16 Å². The van der Waals surface area contributed by atoms with Crippen molar-refractivity contribution in [3.63, 3.8) is 0 Å². The molecule has 5 heteroatoms. The highest BCUT2D eigenvalue weighted by molar-refractivity contribution is 7.46. The molecule has 0 spiro atoms. The number of hydrogen-bond donors (Lipinski definition) is 0. The zero-order valence-corrected chi connectivity index (χ0v) is 14.7. The maximum atomic E-state index is 2.71. The van der Waals surface area contributed by atoms with Gasteiger partial charge in [0, 0.05) is 44.9 Å². The molecule has 60 valence electrons. The maximum absolute atomic E-state index is 2.71. The van der Waals surface area contributed by atoms with Crippen LogP contribution in [0.25, 0.3) is 0 Å². The Morgan fingerprint density at radius 1 is 1.50 bits per heavy atom. The fourth-order valence-electron chi connectivity index (χ4n) is 2.06. The van der Waals surface area contributed by atoms with Gasteiger partial charge in [-0.2, -0.15) is 0 Å². The highest BCUT2D eigenvalue weighted by Gasteiger charge is 2.21. The fourth-order valence-corrected chi connectivity index (χ4v) is 47.5. The van der Waals surface area contributed by atoms with Gasteiger partial charge in [-0.1, -0.05) is 30.0 Å². The van der Waals surface area contributed by atoms with Crippen LogP contribution in [0.2, 0.25) is 30.0 Å². The molecule has 1 saturated heterocycles. The molecule has 3 atom stereocenters. The Kier molecular flexibility index (Phi) is 3.85. The Bertz CT molecular complexity index is 106. The molecule has 0 bridgehead atoms. The molecule has 1 aliphatic rings. The first-order valence-electron chi connectivity index (χ1n) is 4.70. The lowest BCUT2D eigenvalue weighted by molar-refractivity contribution is 1.30. The molecule has 0 N–H and O–H groups in total. The average Bonchev–Trinajstić information content (AvgIpc) is 1.96. The molecule has 1 fully saturated rings. The predicted molar refractivity (Wildman–Crippen MR) is 66.4 cm³/mol. The van der Waals surface area contributed by atoms with E-state index in [1.807, 2.05) is 11.7 Å². The lowest BCUT2D eigenvalue weighted by Crippen LogP contribution is -2.34. The van der Waals surface area contributed by atoms with Crippen molar-refractivity contribution in [1.29, 1.82) is 0 Å². The summed E-state index contributed by atoms with van der Waals surface area (Å²) < 4.78 is 0. The second kappa shape index (κ2) is 4.20.